The van der Waals surface area contributed by atoms with Gasteiger partial charge in [0.25, 0.3) is 0 Å². The highest BCUT2D eigenvalue weighted by molar-refractivity contribution is 5.75. The molecular weight excluding hydrogens is 1190 g/mol. The maximum Gasteiger partial charge on any atom is 0.343 e. The summed E-state index contributed by atoms with van der Waals surface area (Å²) in [4.78, 5) is 28.5. The van der Waals surface area contributed by atoms with Crippen LogP contribution in [0.4, 0.5) is 0 Å². The first-order valence-electron chi connectivity index (χ1n) is 35.7. The highest BCUT2D eigenvalue weighted by Gasteiger charge is 2.53. The molecule has 0 radical (unpaired) electrons. The Hall–Kier alpha value is -7.34. The van der Waals surface area contributed by atoms with Crippen molar-refractivity contribution in [3.05, 3.63) is 161 Å². The van der Waals surface area contributed by atoms with Crippen LogP contribution >= 0.6 is 0 Å². The molecule has 0 heterocycles. The number of phenols is 4. The van der Waals surface area contributed by atoms with E-state index in [4.69, 9.17) is 28.4 Å². The van der Waals surface area contributed by atoms with Crippen LogP contribution in [0.5, 0.6) is 46.0 Å². The van der Waals surface area contributed by atoms with Crippen LogP contribution in [0.2, 0.25) is 0 Å². The Labute approximate surface area is 563 Å². The van der Waals surface area contributed by atoms with E-state index < -0.39 is 42.4 Å². The Balaban J connectivity index is 1.18. The van der Waals surface area contributed by atoms with E-state index in [1.54, 1.807) is 0 Å². The number of carbonyl (C=O) groups is 2. The zero-order valence-electron chi connectivity index (χ0n) is 58.6. The van der Waals surface area contributed by atoms with Crippen LogP contribution in [-0.2, 0) is 24.5 Å². The third kappa shape index (κ3) is 12.2. The molecule has 8 bridgehead atoms. The van der Waals surface area contributed by atoms with Gasteiger partial charge in [-0.15, -0.1) is 0 Å². The third-order valence-corrected chi connectivity index (χ3v) is 24.7. The number of esters is 2. The predicted octanol–water partition coefficient (Wildman–Crippen LogP) is 17.7. The van der Waals surface area contributed by atoms with Crippen molar-refractivity contribution in [2.75, 3.05) is 27.4 Å². The van der Waals surface area contributed by atoms with Gasteiger partial charge in [-0.2, -0.15) is 0 Å². The molecular formula is C83H102O12. The molecule has 9 aliphatic rings. The Bertz CT molecular complexity index is 3540. The highest BCUT2D eigenvalue weighted by atomic mass is 16.6. The summed E-state index contributed by atoms with van der Waals surface area (Å²) in [6, 6.07) is 20.3. The summed E-state index contributed by atoms with van der Waals surface area (Å²) >= 11 is 0. The molecule has 0 saturated heterocycles. The minimum atomic E-state index is -0.989. The highest BCUT2D eigenvalue weighted by Crippen LogP contribution is 2.63. The number of hydrogen-bond acceptors (Lipinski definition) is 12. The lowest BCUT2D eigenvalue weighted by molar-refractivity contribution is -0.143. The molecule has 15 rings (SSSR count). The van der Waals surface area contributed by atoms with Crippen LogP contribution in [0.15, 0.2) is 60.7 Å². The van der Waals surface area contributed by atoms with Crippen LogP contribution in [0, 0.1) is 122 Å². The van der Waals surface area contributed by atoms with Crippen LogP contribution in [0.1, 0.15) is 222 Å². The van der Waals surface area contributed by atoms with Gasteiger partial charge >= 0.3 is 11.9 Å². The summed E-state index contributed by atoms with van der Waals surface area (Å²) in [5.41, 5.74) is 13.9. The Morgan fingerprint density at radius 1 is 0.421 bits per heavy atom. The van der Waals surface area contributed by atoms with Gasteiger partial charge in [0.15, 0.2) is 13.2 Å². The molecule has 0 aliphatic heterocycles. The van der Waals surface area contributed by atoms with Crippen LogP contribution in [0.3, 0.4) is 0 Å². The Morgan fingerprint density at radius 2 is 0.726 bits per heavy atom. The number of aryl methyl sites for hydroxylation is 10. The van der Waals surface area contributed by atoms with Gasteiger partial charge in [-0.1, -0.05) is 44.0 Å². The summed E-state index contributed by atoms with van der Waals surface area (Å²) in [5.74, 6) is 5.37. The van der Waals surface area contributed by atoms with Gasteiger partial charge in [-0.25, -0.2) is 9.59 Å². The van der Waals surface area contributed by atoms with E-state index in [1.807, 2.05) is 79.7 Å². The molecule has 9 fully saturated rings. The molecule has 6 aromatic carbocycles. The fourth-order valence-electron chi connectivity index (χ4n) is 20.3. The number of methoxy groups -OCH3 is 2. The van der Waals surface area contributed by atoms with E-state index in [-0.39, 0.29) is 35.2 Å². The first-order chi connectivity index (χ1) is 45.4. The standard InChI is InChI=1S/C83H102O12/c1-14-15-52-16-18-83(19-17-52,65-24-50(10)77(94-79-57-32-53-30-54(34-57)35-58(79)33-53)75(81(65)92-40-71(88)90-12)73(61-20-46(6)67(84)26-42(61)2)62-21-47(7)68(85)27-43(62)3)66-25-51(11)78(95-80-59-36-55-31-56(38-59)39-60(80)37-55)76(82(66)93-41-72(89)91-13)74(63-22-48(8)69(86)28-44(63)4)64-23-49(9)70(87)29-45(64)5/h20-29,52-60,73-74,79-80,84-87H,14-19,30-41H2,1-13H3. The fraction of sp³-hybridized carbons (Fsp3) is 0.542. The quantitative estimate of drug-likeness (QED) is 0.0422. The molecule has 95 heavy (non-hydrogen) atoms. The molecule has 506 valence electrons. The van der Waals surface area contributed by atoms with E-state index in [0.29, 0.717) is 111 Å². The summed E-state index contributed by atoms with van der Waals surface area (Å²) in [5, 5.41) is 46.3. The number of rotatable bonds is 20. The molecule has 9 saturated carbocycles. The van der Waals surface area contributed by atoms with Gasteiger partial charge in [0.2, 0.25) is 0 Å². The van der Waals surface area contributed by atoms with E-state index in [9.17, 15) is 30.0 Å². The van der Waals surface area contributed by atoms with E-state index in [2.05, 4.69) is 57.2 Å². The second kappa shape index (κ2) is 26.2. The molecule has 0 unspecified atom stereocenters. The van der Waals surface area contributed by atoms with Crippen LogP contribution < -0.4 is 18.9 Å². The molecule has 0 amide bonds. The largest absolute Gasteiger partial charge is 0.508 e. The van der Waals surface area contributed by atoms with Crippen molar-refractivity contribution in [3.63, 3.8) is 0 Å². The summed E-state index contributed by atoms with van der Waals surface area (Å²) in [6.45, 7) is 21.6. The molecule has 6 aromatic rings. The maximum atomic E-state index is 14.2. The number of carbonyl (C=O) groups excluding carboxylic acids is 2. The zero-order valence-corrected chi connectivity index (χ0v) is 58.6. The van der Waals surface area contributed by atoms with Gasteiger partial charge in [0.05, 0.1) is 14.2 Å². The maximum absolute atomic E-state index is 14.2. The van der Waals surface area contributed by atoms with Crippen molar-refractivity contribution < 1.29 is 58.4 Å². The van der Waals surface area contributed by atoms with Gasteiger partial charge < -0.3 is 48.8 Å². The van der Waals surface area contributed by atoms with Crippen molar-refractivity contribution in [2.24, 2.45) is 53.3 Å². The number of benzene rings is 6. The number of phenolic OH excluding ortho intramolecular Hbond substituents is 4. The minimum Gasteiger partial charge on any atom is -0.508 e. The van der Waals surface area contributed by atoms with Gasteiger partial charge in [-0.05, 0) is 327 Å². The minimum absolute atomic E-state index is 0.0644. The van der Waals surface area contributed by atoms with E-state index in [1.165, 1.54) is 27.1 Å². The van der Waals surface area contributed by atoms with Crippen molar-refractivity contribution >= 4 is 11.9 Å². The first-order valence-corrected chi connectivity index (χ1v) is 35.7. The summed E-state index contributed by atoms with van der Waals surface area (Å²) < 4.78 is 42.1. The van der Waals surface area contributed by atoms with Gasteiger partial charge in [-0.3, -0.25) is 0 Å². The average molecular weight is 1290 g/mol. The lowest BCUT2D eigenvalue weighted by atomic mass is 9.55. The second-order valence-electron chi connectivity index (χ2n) is 31.0. The van der Waals surface area contributed by atoms with Crippen molar-refractivity contribution in [3.8, 4) is 46.0 Å². The number of aromatic hydroxyl groups is 4. The summed E-state index contributed by atoms with van der Waals surface area (Å²) in [6.07, 6.45) is 16.5. The Morgan fingerprint density at radius 3 is 1.01 bits per heavy atom. The van der Waals surface area contributed by atoms with E-state index in [0.717, 1.165) is 155 Å². The topological polar surface area (TPSA) is 170 Å². The molecule has 0 spiro atoms. The lowest BCUT2D eigenvalue weighted by Gasteiger charge is -2.54. The third-order valence-electron chi connectivity index (χ3n) is 24.7. The smallest absolute Gasteiger partial charge is 0.343 e. The van der Waals surface area contributed by atoms with Crippen molar-refractivity contribution in [1.29, 1.82) is 0 Å². The van der Waals surface area contributed by atoms with Gasteiger partial charge in [0.1, 0.15) is 58.2 Å². The zero-order chi connectivity index (χ0) is 67.2. The molecule has 9 aliphatic carbocycles. The predicted molar refractivity (Wildman–Crippen MR) is 370 cm³/mol. The van der Waals surface area contributed by atoms with Crippen molar-refractivity contribution in [2.45, 2.75) is 208 Å². The van der Waals surface area contributed by atoms with Gasteiger partial charge in [0, 0.05) is 39.5 Å². The molecule has 12 heteroatoms. The lowest BCUT2D eigenvalue weighted by Crippen LogP contribution is -2.51. The molecule has 0 aromatic heterocycles. The summed E-state index contributed by atoms with van der Waals surface area (Å²) in [7, 11) is 2.78. The van der Waals surface area contributed by atoms with Crippen molar-refractivity contribution in [1.82, 2.24) is 0 Å². The second-order valence-corrected chi connectivity index (χ2v) is 31.0. The number of hydrogen-bond donors (Lipinski definition) is 4. The average Bonchev–Trinajstić information content (AvgIpc) is 0.733. The molecule has 12 nitrogen and oxygen atoms in total. The SMILES string of the molecule is CCCC1CCC(c2cc(C)c(OC3C4CC5CC(C4)CC3C5)c(C(c3cc(C)c(O)cc3C)c3cc(C)c(O)cc3C)c2OCC(=O)OC)(c2cc(C)c(OC3C4CC5CC(C4)CC3C5)c(C(c3cc(C)c(O)cc3C)c3cc(C)c(O)cc3C)c2OCC(=O)OC)CC1. The van der Waals surface area contributed by atoms with Crippen LogP contribution in [-0.4, -0.2) is 72.0 Å². The normalized spacial score (nSPS) is 26.3. The van der Waals surface area contributed by atoms with Crippen LogP contribution in [0.25, 0.3) is 0 Å². The Kier molecular flexibility index (Phi) is 18.3. The first kappa shape index (κ1) is 66.3. The molecule has 4 N–H and O–H groups in total. The molecule has 0 atom stereocenters. The fourth-order valence-corrected chi connectivity index (χ4v) is 20.3. The number of ether oxygens (including phenoxy) is 6. The monoisotopic (exact) mass is 1290 g/mol. The van der Waals surface area contributed by atoms with E-state index >= 15 is 0 Å².